The number of ether oxygens (including phenoxy) is 1. The molecule has 0 aliphatic heterocycles. The molecule has 2 aromatic rings. The van der Waals surface area contributed by atoms with E-state index >= 15 is 0 Å². The second-order valence-electron chi connectivity index (χ2n) is 5.33. The highest BCUT2D eigenvalue weighted by atomic mass is 16.5. The Morgan fingerprint density at radius 3 is 2.33 bits per heavy atom. The van der Waals surface area contributed by atoms with Crippen LogP contribution in [0.4, 0.5) is 0 Å². The summed E-state index contributed by atoms with van der Waals surface area (Å²) < 4.78 is 5.78. The molecule has 0 radical (unpaired) electrons. The lowest BCUT2D eigenvalue weighted by Gasteiger charge is -2.17. The van der Waals surface area contributed by atoms with E-state index in [4.69, 9.17) is 4.74 Å². The van der Waals surface area contributed by atoms with Crippen molar-refractivity contribution in [2.45, 2.75) is 18.4 Å². The average molecular weight is 236 g/mol. The Balaban J connectivity index is 1.93. The summed E-state index contributed by atoms with van der Waals surface area (Å²) in [5.41, 5.74) is 5.88. The molecule has 0 fully saturated rings. The Kier molecular flexibility index (Phi) is 2.12. The molecule has 90 valence electrons. The lowest BCUT2D eigenvalue weighted by molar-refractivity contribution is 0.0617. The number of rotatable bonds is 1. The normalized spacial score (nSPS) is 27.7. The minimum Gasteiger partial charge on any atom is -0.376 e. The van der Waals surface area contributed by atoms with Crippen molar-refractivity contribution in [3.8, 4) is 0 Å². The fraction of sp³-hybridized carbons (Fsp3) is 0.294. The van der Waals surface area contributed by atoms with Crippen LogP contribution in [0.3, 0.4) is 0 Å². The number of hydrogen-bond donors (Lipinski definition) is 0. The van der Waals surface area contributed by atoms with Gasteiger partial charge in [0.2, 0.25) is 0 Å². The molecule has 0 aromatic heterocycles. The standard InChI is InChI=1S/C17H16O/c1-18-17-14-9-5-4-8-13(14)16-12-7-3-2-6-11(12)10-15(16)17/h2-9,15-17H,10H2,1H3/t15-,16+,17-/m1/s1. The quantitative estimate of drug-likeness (QED) is 0.733. The molecule has 1 nitrogen and oxygen atoms in total. The van der Waals surface area contributed by atoms with Crippen LogP contribution in [0.2, 0.25) is 0 Å². The van der Waals surface area contributed by atoms with Crippen molar-refractivity contribution in [1.82, 2.24) is 0 Å². The Morgan fingerprint density at radius 2 is 1.56 bits per heavy atom. The Hall–Kier alpha value is -1.60. The second-order valence-corrected chi connectivity index (χ2v) is 5.33. The Labute approximate surface area is 107 Å². The van der Waals surface area contributed by atoms with Gasteiger partial charge in [0.15, 0.2) is 0 Å². The molecule has 0 amide bonds. The van der Waals surface area contributed by atoms with Crippen LogP contribution in [0.5, 0.6) is 0 Å². The summed E-state index contributed by atoms with van der Waals surface area (Å²) >= 11 is 0. The fourth-order valence-electron chi connectivity index (χ4n) is 3.89. The van der Waals surface area contributed by atoms with Crippen molar-refractivity contribution >= 4 is 0 Å². The monoisotopic (exact) mass is 236 g/mol. The molecular weight excluding hydrogens is 220 g/mol. The van der Waals surface area contributed by atoms with Crippen molar-refractivity contribution in [1.29, 1.82) is 0 Å². The molecule has 0 bridgehead atoms. The molecule has 0 heterocycles. The first kappa shape index (κ1) is 10.3. The van der Waals surface area contributed by atoms with Gasteiger partial charge in [0.05, 0.1) is 6.10 Å². The molecule has 2 aliphatic carbocycles. The van der Waals surface area contributed by atoms with E-state index < -0.39 is 0 Å². The number of benzene rings is 2. The zero-order chi connectivity index (χ0) is 12.1. The van der Waals surface area contributed by atoms with Crippen LogP contribution in [0.1, 0.15) is 34.3 Å². The molecule has 0 saturated heterocycles. The highest BCUT2D eigenvalue weighted by molar-refractivity contribution is 5.51. The minimum absolute atomic E-state index is 0.263. The van der Waals surface area contributed by atoms with Crippen LogP contribution in [0.15, 0.2) is 48.5 Å². The molecule has 4 rings (SSSR count). The Morgan fingerprint density at radius 1 is 0.889 bits per heavy atom. The van der Waals surface area contributed by atoms with Crippen LogP contribution < -0.4 is 0 Å². The van der Waals surface area contributed by atoms with Crippen molar-refractivity contribution in [3.63, 3.8) is 0 Å². The summed E-state index contributed by atoms with van der Waals surface area (Å²) in [7, 11) is 1.84. The van der Waals surface area contributed by atoms with Gasteiger partial charge in [0, 0.05) is 18.9 Å². The highest BCUT2D eigenvalue weighted by Gasteiger charge is 2.45. The summed E-state index contributed by atoms with van der Waals surface area (Å²) in [5.74, 6) is 1.13. The third-order valence-corrected chi connectivity index (χ3v) is 4.55. The molecule has 18 heavy (non-hydrogen) atoms. The van der Waals surface area contributed by atoms with E-state index in [9.17, 15) is 0 Å². The van der Waals surface area contributed by atoms with Crippen LogP contribution in [-0.4, -0.2) is 7.11 Å². The van der Waals surface area contributed by atoms with E-state index in [1.807, 2.05) is 7.11 Å². The predicted octanol–water partition coefficient (Wildman–Crippen LogP) is 3.69. The molecule has 3 atom stereocenters. The zero-order valence-electron chi connectivity index (χ0n) is 10.5. The third kappa shape index (κ3) is 1.20. The maximum Gasteiger partial charge on any atom is 0.0864 e. The molecular formula is C17H16O. The molecule has 0 saturated carbocycles. The van der Waals surface area contributed by atoms with E-state index in [1.165, 1.54) is 22.3 Å². The van der Waals surface area contributed by atoms with Crippen LogP contribution >= 0.6 is 0 Å². The van der Waals surface area contributed by atoms with Crippen molar-refractivity contribution in [3.05, 3.63) is 70.8 Å². The summed E-state index contributed by atoms with van der Waals surface area (Å²) in [6.45, 7) is 0. The minimum atomic E-state index is 0.263. The molecule has 2 aromatic carbocycles. The van der Waals surface area contributed by atoms with Crippen LogP contribution in [0.25, 0.3) is 0 Å². The maximum atomic E-state index is 5.78. The third-order valence-electron chi connectivity index (χ3n) is 4.55. The topological polar surface area (TPSA) is 9.23 Å². The van der Waals surface area contributed by atoms with Gasteiger partial charge < -0.3 is 4.74 Å². The molecule has 0 N–H and O–H groups in total. The second kappa shape index (κ2) is 3.69. The van der Waals surface area contributed by atoms with E-state index in [-0.39, 0.29) is 6.10 Å². The number of fused-ring (bicyclic) bond motifs is 5. The smallest absolute Gasteiger partial charge is 0.0864 e. The van der Waals surface area contributed by atoms with Gasteiger partial charge in [-0.3, -0.25) is 0 Å². The van der Waals surface area contributed by atoms with E-state index in [0.717, 1.165) is 6.42 Å². The molecule has 2 aliphatic rings. The van der Waals surface area contributed by atoms with Crippen molar-refractivity contribution in [2.75, 3.05) is 7.11 Å². The van der Waals surface area contributed by atoms with Gasteiger partial charge in [0.1, 0.15) is 0 Å². The van der Waals surface area contributed by atoms with E-state index in [0.29, 0.717) is 11.8 Å². The van der Waals surface area contributed by atoms with E-state index in [2.05, 4.69) is 48.5 Å². The Bertz CT molecular complexity index is 602. The van der Waals surface area contributed by atoms with Crippen molar-refractivity contribution < 1.29 is 4.74 Å². The average Bonchev–Trinajstić information content (AvgIpc) is 2.92. The van der Waals surface area contributed by atoms with Crippen LogP contribution in [-0.2, 0) is 11.2 Å². The van der Waals surface area contributed by atoms with Crippen LogP contribution in [0, 0.1) is 5.92 Å². The summed E-state index contributed by atoms with van der Waals surface area (Å²) in [4.78, 5) is 0. The van der Waals surface area contributed by atoms with Gasteiger partial charge in [-0.25, -0.2) is 0 Å². The summed E-state index contributed by atoms with van der Waals surface area (Å²) in [6, 6.07) is 17.6. The van der Waals surface area contributed by atoms with Gasteiger partial charge in [-0.2, -0.15) is 0 Å². The maximum absolute atomic E-state index is 5.78. The molecule has 0 spiro atoms. The highest BCUT2D eigenvalue weighted by Crippen LogP contribution is 2.55. The van der Waals surface area contributed by atoms with Gasteiger partial charge in [-0.1, -0.05) is 48.5 Å². The van der Waals surface area contributed by atoms with Crippen molar-refractivity contribution in [2.24, 2.45) is 5.92 Å². The molecule has 0 unspecified atom stereocenters. The fourth-order valence-corrected chi connectivity index (χ4v) is 3.89. The lowest BCUT2D eigenvalue weighted by Crippen LogP contribution is -2.11. The zero-order valence-corrected chi connectivity index (χ0v) is 10.5. The molecule has 1 heteroatoms. The predicted molar refractivity (Wildman–Crippen MR) is 71.7 cm³/mol. The van der Waals surface area contributed by atoms with Gasteiger partial charge >= 0.3 is 0 Å². The largest absolute Gasteiger partial charge is 0.376 e. The van der Waals surface area contributed by atoms with Gasteiger partial charge in [-0.15, -0.1) is 0 Å². The first-order chi connectivity index (χ1) is 8.90. The summed E-state index contributed by atoms with van der Waals surface area (Å²) in [5, 5.41) is 0. The number of methoxy groups -OCH3 is 1. The van der Waals surface area contributed by atoms with Gasteiger partial charge in [0.25, 0.3) is 0 Å². The number of hydrogen-bond acceptors (Lipinski definition) is 1. The lowest BCUT2D eigenvalue weighted by atomic mass is 9.92. The summed E-state index contributed by atoms with van der Waals surface area (Å²) in [6.07, 6.45) is 1.41. The first-order valence-electron chi connectivity index (χ1n) is 6.59. The van der Waals surface area contributed by atoms with E-state index in [1.54, 1.807) is 0 Å². The first-order valence-corrected chi connectivity index (χ1v) is 6.59. The SMILES string of the molecule is CO[C@@H]1c2ccccc2[C@@H]2c3ccccc3C[C@H]21. The van der Waals surface area contributed by atoms with Gasteiger partial charge in [-0.05, 0) is 28.7 Å².